The second-order valence-corrected chi connectivity index (χ2v) is 3.92. The van der Waals surface area contributed by atoms with Gasteiger partial charge < -0.3 is 4.74 Å². The first-order chi connectivity index (χ1) is 7.74. The molecule has 0 saturated carbocycles. The predicted molar refractivity (Wildman–Crippen MR) is 66.4 cm³/mol. The largest absolute Gasteiger partial charge is 0.489 e. The second-order valence-electron chi connectivity index (χ2n) is 3.92. The second kappa shape index (κ2) is 4.84. The van der Waals surface area contributed by atoms with Crippen LogP contribution in [0.25, 0.3) is 0 Å². The Hall–Kier alpha value is -1.76. The lowest BCUT2D eigenvalue weighted by atomic mass is 10.1. The third kappa shape index (κ3) is 2.86. The summed E-state index contributed by atoms with van der Waals surface area (Å²) >= 11 is 0. The zero-order valence-electron chi connectivity index (χ0n) is 9.44. The van der Waals surface area contributed by atoms with Gasteiger partial charge >= 0.3 is 0 Å². The molecule has 2 rings (SSSR count). The average molecular weight is 211 g/mol. The van der Waals surface area contributed by atoms with Gasteiger partial charge in [0.25, 0.3) is 0 Å². The van der Waals surface area contributed by atoms with Gasteiger partial charge in [0.05, 0.1) is 0 Å². The highest BCUT2D eigenvalue weighted by Crippen LogP contribution is 2.14. The van der Waals surface area contributed by atoms with Crippen LogP contribution in [0.5, 0.6) is 5.75 Å². The molecule has 1 nitrogen and oxygen atoms in total. The first kappa shape index (κ1) is 10.7. The Morgan fingerprint density at radius 2 is 1.81 bits per heavy atom. The van der Waals surface area contributed by atoms with Crippen LogP contribution in [0.2, 0.25) is 0 Å². The molecule has 1 heteroatoms. The summed E-state index contributed by atoms with van der Waals surface area (Å²) in [4.78, 5) is 0. The Balaban J connectivity index is 1.99. The Morgan fingerprint density at radius 1 is 1.06 bits per heavy atom. The minimum Gasteiger partial charge on any atom is -0.489 e. The predicted octanol–water partition coefficient (Wildman–Crippen LogP) is 3.76. The Labute approximate surface area is 96.7 Å². The highest BCUT2D eigenvalue weighted by molar-refractivity contribution is 5.29. The van der Waals surface area contributed by atoms with E-state index in [-0.39, 0.29) is 0 Å². The van der Waals surface area contributed by atoms with E-state index in [0.29, 0.717) is 6.61 Å². The van der Waals surface area contributed by atoms with E-state index in [1.165, 1.54) is 11.1 Å². The lowest BCUT2D eigenvalue weighted by Gasteiger charge is -2.07. The standard InChI is InChI=1S/C15H15O/c1-12-6-8-15(9-7-12)16-11-14-5-3-4-13(2)10-14/h3-10H,1,11H2,2H3. The van der Waals surface area contributed by atoms with Crippen LogP contribution in [-0.2, 0) is 6.61 Å². The number of hydrogen-bond donors (Lipinski definition) is 0. The van der Waals surface area contributed by atoms with E-state index in [0.717, 1.165) is 11.3 Å². The molecule has 0 aliphatic carbocycles. The monoisotopic (exact) mass is 211 g/mol. The smallest absolute Gasteiger partial charge is 0.119 e. The zero-order chi connectivity index (χ0) is 11.4. The van der Waals surface area contributed by atoms with Crippen LogP contribution in [-0.4, -0.2) is 0 Å². The highest BCUT2D eigenvalue weighted by atomic mass is 16.5. The number of aryl methyl sites for hydroxylation is 1. The average Bonchev–Trinajstić information content (AvgIpc) is 2.28. The molecule has 0 heterocycles. The number of rotatable bonds is 3. The zero-order valence-corrected chi connectivity index (χ0v) is 9.44. The van der Waals surface area contributed by atoms with Gasteiger partial charge in [0.2, 0.25) is 0 Å². The molecular formula is C15H15O. The van der Waals surface area contributed by atoms with Crippen molar-refractivity contribution in [3.8, 4) is 5.75 Å². The van der Waals surface area contributed by atoms with E-state index in [4.69, 9.17) is 4.74 Å². The van der Waals surface area contributed by atoms with Crippen molar-refractivity contribution in [3.05, 3.63) is 72.1 Å². The molecule has 0 bridgehead atoms. The van der Waals surface area contributed by atoms with Crippen LogP contribution in [0.1, 0.15) is 16.7 Å². The molecule has 0 spiro atoms. The number of ether oxygens (including phenoxy) is 1. The molecule has 0 aliphatic heterocycles. The highest BCUT2D eigenvalue weighted by Gasteiger charge is 1.95. The van der Waals surface area contributed by atoms with Crippen molar-refractivity contribution in [2.75, 3.05) is 0 Å². The molecule has 1 radical (unpaired) electrons. The summed E-state index contributed by atoms with van der Waals surface area (Å²) in [5.74, 6) is 0.883. The van der Waals surface area contributed by atoms with Gasteiger partial charge in [-0.3, -0.25) is 0 Å². The summed E-state index contributed by atoms with van der Waals surface area (Å²) < 4.78 is 5.67. The Kier molecular flexibility index (Phi) is 3.25. The normalized spacial score (nSPS) is 10.1. The summed E-state index contributed by atoms with van der Waals surface area (Å²) in [5.41, 5.74) is 3.45. The SMILES string of the molecule is [CH2]c1ccc(OCc2cccc(C)c2)cc1. The molecule has 0 fully saturated rings. The van der Waals surface area contributed by atoms with Gasteiger partial charge in [-0.2, -0.15) is 0 Å². The van der Waals surface area contributed by atoms with Crippen LogP contribution in [0.15, 0.2) is 48.5 Å². The summed E-state index contributed by atoms with van der Waals surface area (Å²) in [6.07, 6.45) is 0. The topological polar surface area (TPSA) is 9.23 Å². The quantitative estimate of drug-likeness (QED) is 0.751. The molecule has 16 heavy (non-hydrogen) atoms. The van der Waals surface area contributed by atoms with E-state index in [1.54, 1.807) is 0 Å². The fourth-order valence-corrected chi connectivity index (χ4v) is 1.55. The van der Waals surface area contributed by atoms with E-state index in [1.807, 2.05) is 30.3 Å². The van der Waals surface area contributed by atoms with Gasteiger partial charge in [0, 0.05) is 0 Å². The molecule has 2 aromatic carbocycles. The molecule has 0 saturated heterocycles. The Bertz CT molecular complexity index is 457. The van der Waals surface area contributed by atoms with Crippen LogP contribution >= 0.6 is 0 Å². The van der Waals surface area contributed by atoms with Crippen molar-refractivity contribution in [1.82, 2.24) is 0 Å². The third-order valence-corrected chi connectivity index (χ3v) is 2.41. The maximum Gasteiger partial charge on any atom is 0.119 e. The number of hydrogen-bond acceptors (Lipinski definition) is 1. The van der Waals surface area contributed by atoms with Crippen molar-refractivity contribution in [2.45, 2.75) is 13.5 Å². The summed E-state index contributed by atoms with van der Waals surface area (Å²) in [6, 6.07) is 16.1. The Morgan fingerprint density at radius 3 is 2.50 bits per heavy atom. The molecule has 0 aliphatic rings. The van der Waals surface area contributed by atoms with Crippen LogP contribution < -0.4 is 4.74 Å². The molecule has 0 N–H and O–H groups in total. The molecule has 0 amide bonds. The van der Waals surface area contributed by atoms with Crippen molar-refractivity contribution < 1.29 is 4.74 Å². The van der Waals surface area contributed by atoms with Crippen LogP contribution in [0.4, 0.5) is 0 Å². The van der Waals surface area contributed by atoms with Crippen molar-refractivity contribution in [3.63, 3.8) is 0 Å². The lowest BCUT2D eigenvalue weighted by molar-refractivity contribution is 0.306. The molecule has 0 aromatic heterocycles. The molecule has 2 aromatic rings. The van der Waals surface area contributed by atoms with Gasteiger partial charge in [-0.1, -0.05) is 42.0 Å². The van der Waals surface area contributed by atoms with Crippen LogP contribution in [0, 0.1) is 13.8 Å². The maximum atomic E-state index is 5.67. The van der Waals surface area contributed by atoms with E-state index in [2.05, 4.69) is 32.0 Å². The van der Waals surface area contributed by atoms with Gasteiger partial charge in [-0.05, 0) is 37.1 Å². The minimum absolute atomic E-state index is 0.609. The van der Waals surface area contributed by atoms with Gasteiger partial charge in [0.15, 0.2) is 0 Å². The van der Waals surface area contributed by atoms with E-state index in [9.17, 15) is 0 Å². The van der Waals surface area contributed by atoms with Crippen molar-refractivity contribution >= 4 is 0 Å². The molecule has 0 unspecified atom stereocenters. The first-order valence-electron chi connectivity index (χ1n) is 5.34. The van der Waals surface area contributed by atoms with Gasteiger partial charge in [-0.15, -0.1) is 0 Å². The molecule has 81 valence electrons. The fourth-order valence-electron chi connectivity index (χ4n) is 1.55. The minimum atomic E-state index is 0.609. The third-order valence-electron chi connectivity index (χ3n) is 2.41. The fraction of sp³-hybridized carbons (Fsp3) is 0.133. The van der Waals surface area contributed by atoms with Crippen LogP contribution in [0.3, 0.4) is 0 Å². The maximum absolute atomic E-state index is 5.67. The van der Waals surface area contributed by atoms with E-state index >= 15 is 0 Å². The summed E-state index contributed by atoms with van der Waals surface area (Å²) in [7, 11) is 0. The summed E-state index contributed by atoms with van der Waals surface area (Å²) in [6.45, 7) is 6.53. The van der Waals surface area contributed by atoms with E-state index < -0.39 is 0 Å². The molecular weight excluding hydrogens is 196 g/mol. The van der Waals surface area contributed by atoms with Crippen molar-refractivity contribution in [2.24, 2.45) is 0 Å². The van der Waals surface area contributed by atoms with Crippen molar-refractivity contribution in [1.29, 1.82) is 0 Å². The summed E-state index contributed by atoms with van der Waals surface area (Å²) in [5, 5.41) is 0. The first-order valence-corrected chi connectivity index (χ1v) is 5.34. The van der Waals surface area contributed by atoms with Gasteiger partial charge in [-0.25, -0.2) is 0 Å². The molecule has 0 atom stereocenters. The number of benzene rings is 2. The lowest BCUT2D eigenvalue weighted by Crippen LogP contribution is -1.95. The van der Waals surface area contributed by atoms with Gasteiger partial charge in [0.1, 0.15) is 12.4 Å².